The number of aromatic amines is 1. The zero-order chi connectivity index (χ0) is 14.3. The van der Waals surface area contributed by atoms with E-state index in [1.807, 2.05) is 0 Å². The number of H-pyrrole nitrogens is 1. The number of nitro groups is 1. The summed E-state index contributed by atoms with van der Waals surface area (Å²) in [7, 11) is -2.92. The molecule has 1 aliphatic rings. The van der Waals surface area contributed by atoms with Crippen molar-refractivity contribution in [2.24, 2.45) is 0 Å². The molecule has 7 nitrogen and oxygen atoms in total. The van der Waals surface area contributed by atoms with Crippen LogP contribution >= 0.6 is 11.8 Å². The molecule has 0 spiro atoms. The van der Waals surface area contributed by atoms with Crippen molar-refractivity contribution in [2.45, 2.75) is 16.8 Å². The maximum Gasteiger partial charge on any atom is 0.271 e. The van der Waals surface area contributed by atoms with Crippen LogP contribution in [0.2, 0.25) is 0 Å². The van der Waals surface area contributed by atoms with Gasteiger partial charge in [-0.05, 0) is 12.5 Å². The minimum Gasteiger partial charge on any atom is -0.333 e. The van der Waals surface area contributed by atoms with E-state index in [0.717, 1.165) is 0 Å². The standard InChI is InChI=1S/C11H11N3O4S2/c15-14(16)7-1-2-9-10(5-7)13-11(12-9)19-8-3-4-20(17,18)6-8/h1-2,5,8H,3-4,6H2,(H,12,13)/t8-/m0/s1. The number of rotatable bonds is 3. The average Bonchev–Trinajstić information content (AvgIpc) is 2.91. The number of thioether (sulfide) groups is 1. The molecular formula is C11H11N3O4S2. The quantitative estimate of drug-likeness (QED) is 0.683. The summed E-state index contributed by atoms with van der Waals surface area (Å²) in [5.41, 5.74) is 1.22. The highest BCUT2D eigenvalue weighted by Gasteiger charge is 2.29. The first-order valence-corrected chi connectivity index (χ1v) is 8.64. The van der Waals surface area contributed by atoms with Gasteiger partial charge in [-0.2, -0.15) is 0 Å². The van der Waals surface area contributed by atoms with Gasteiger partial charge in [-0.25, -0.2) is 13.4 Å². The molecule has 2 aromatic rings. The number of non-ortho nitro benzene ring substituents is 1. The largest absolute Gasteiger partial charge is 0.333 e. The van der Waals surface area contributed by atoms with Gasteiger partial charge in [-0.3, -0.25) is 10.1 Å². The second-order valence-electron chi connectivity index (χ2n) is 4.64. The van der Waals surface area contributed by atoms with Crippen molar-refractivity contribution in [3.05, 3.63) is 28.3 Å². The van der Waals surface area contributed by atoms with Crippen molar-refractivity contribution in [1.82, 2.24) is 9.97 Å². The molecule has 0 bridgehead atoms. The first-order valence-electron chi connectivity index (χ1n) is 5.94. The van der Waals surface area contributed by atoms with Crippen LogP contribution in [-0.2, 0) is 9.84 Å². The second kappa shape index (κ2) is 4.74. The third kappa shape index (κ3) is 2.63. The minimum absolute atomic E-state index is 0.00106. The molecule has 1 N–H and O–H groups in total. The van der Waals surface area contributed by atoms with Gasteiger partial charge in [0.25, 0.3) is 5.69 Å². The van der Waals surface area contributed by atoms with Crippen LogP contribution in [0.4, 0.5) is 5.69 Å². The third-order valence-electron chi connectivity index (χ3n) is 3.12. The van der Waals surface area contributed by atoms with E-state index in [-0.39, 0.29) is 22.4 Å². The lowest BCUT2D eigenvalue weighted by molar-refractivity contribution is -0.384. The van der Waals surface area contributed by atoms with E-state index in [1.54, 1.807) is 6.07 Å². The highest BCUT2D eigenvalue weighted by atomic mass is 32.2. The van der Waals surface area contributed by atoms with Gasteiger partial charge in [0.2, 0.25) is 0 Å². The van der Waals surface area contributed by atoms with Crippen LogP contribution in [0.5, 0.6) is 0 Å². The van der Waals surface area contributed by atoms with Crippen LogP contribution in [0.3, 0.4) is 0 Å². The summed E-state index contributed by atoms with van der Waals surface area (Å²) in [6.07, 6.45) is 0.615. The zero-order valence-corrected chi connectivity index (χ0v) is 11.9. The van der Waals surface area contributed by atoms with Gasteiger partial charge in [-0.1, -0.05) is 11.8 Å². The summed E-state index contributed by atoms with van der Waals surface area (Å²) >= 11 is 1.38. The lowest BCUT2D eigenvalue weighted by atomic mass is 10.3. The molecule has 0 unspecified atom stereocenters. The van der Waals surface area contributed by atoms with E-state index in [0.29, 0.717) is 22.6 Å². The van der Waals surface area contributed by atoms with Crippen LogP contribution in [0.1, 0.15) is 6.42 Å². The molecule has 3 rings (SSSR count). The molecule has 9 heteroatoms. The number of sulfone groups is 1. The first-order chi connectivity index (χ1) is 9.43. The van der Waals surface area contributed by atoms with Crippen molar-refractivity contribution in [3.8, 4) is 0 Å². The van der Waals surface area contributed by atoms with Crippen molar-refractivity contribution >= 4 is 38.3 Å². The molecule has 0 amide bonds. The molecule has 1 atom stereocenters. The minimum atomic E-state index is -2.92. The first kappa shape index (κ1) is 13.4. The van der Waals surface area contributed by atoms with Crippen LogP contribution in [0.15, 0.2) is 23.4 Å². The highest BCUT2D eigenvalue weighted by Crippen LogP contribution is 2.31. The normalized spacial score (nSPS) is 21.3. The molecular weight excluding hydrogens is 302 g/mol. The fraction of sp³-hybridized carbons (Fsp3) is 0.364. The molecule has 0 radical (unpaired) electrons. The molecule has 1 aromatic carbocycles. The number of benzene rings is 1. The summed E-state index contributed by atoms with van der Waals surface area (Å²) in [5, 5.41) is 11.3. The summed E-state index contributed by atoms with van der Waals surface area (Å²) in [5.74, 6) is 0.380. The van der Waals surface area contributed by atoms with Crippen LogP contribution < -0.4 is 0 Å². The summed E-state index contributed by atoms with van der Waals surface area (Å²) in [6.45, 7) is 0. The van der Waals surface area contributed by atoms with E-state index in [2.05, 4.69) is 9.97 Å². The number of nitrogens with one attached hydrogen (secondary N) is 1. The van der Waals surface area contributed by atoms with Crippen molar-refractivity contribution in [2.75, 3.05) is 11.5 Å². The second-order valence-corrected chi connectivity index (χ2v) is 8.16. The van der Waals surface area contributed by atoms with Gasteiger partial charge in [0.15, 0.2) is 15.0 Å². The Morgan fingerprint density at radius 2 is 2.25 bits per heavy atom. The summed E-state index contributed by atoms with van der Waals surface area (Å²) < 4.78 is 22.8. The van der Waals surface area contributed by atoms with Crippen LogP contribution in [0.25, 0.3) is 11.0 Å². The Morgan fingerprint density at radius 3 is 2.90 bits per heavy atom. The average molecular weight is 313 g/mol. The SMILES string of the molecule is O=[N+]([O-])c1ccc2nc(S[C@H]3CCS(=O)(=O)C3)[nH]c2c1. The summed E-state index contributed by atoms with van der Waals surface area (Å²) in [4.78, 5) is 17.6. The number of nitro benzene ring substituents is 1. The predicted molar refractivity (Wildman–Crippen MR) is 75.7 cm³/mol. The number of nitrogens with zero attached hydrogens (tertiary/aromatic N) is 2. The molecule has 106 valence electrons. The topological polar surface area (TPSA) is 106 Å². The number of hydrogen-bond acceptors (Lipinski definition) is 6. The molecule has 20 heavy (non-hydrogen) atoms. The van der Waals surface area contributed by atoms with Crippen molar-refractivity contribution in [1.29, 1.82) is 0 Å². The number of hydrogen-bond donors (Lipinski definition) is 1. The molecule has 1 aliphatic heterocycles. The van der Waals surface area contributed by atoms with Crippen LogP contribution in [-0.4, -0.2) is 40.1 Å². The number of aromatic nitrogens is 2. The summed E-state index contributed by atoms with van der Waals surface area (Å²) in [6, 6.07) is 4.41. The maximum atomic E-state index is 11.4. The monoisotopic (exact) mass is 313 g/mol. The smallest absolute Gasteiger partial charge is 0.271 e. The molecule has 0 aliphatic carbocycles. The van der Waals surface area contributed by atoms with Gasteiger partial charge >= 0.3 is 0 Å². The lowest BCUT2D eigenvalue weighted by Gasteiger charge is -2.02. The van der Waals surface area contributed by atoms with E-state index in [4.69, 9.17) is 0 Å². The number of imidazole rings is 1. The molecule has 1 saturated heterocycles. The van der Waals surface area contributed by atoms with E-state index >= 15 is 0 Å². The lowest BCUT2D eigenvalue weighted by Crippen LogP contribution is -2.06. The van der Waals surface area contributed by atoms with Crippen molar-refractivity contribution in [3.63, 3.8) is 0 Å². The molecule has 0 saturated carbocycles. The van der Waals surface area contributed by atoms with Crippen molar-refractivity contribution < 1.29 is 13.3 Å². The van der Waals surface area contributed by atoms with Gasteiger partial charge in [0.1, 0.15) is 0 Å². The fourth-order valence-corrected chi connectivity index (χ4v) is 5.61. The van der Waals surface area contributed by atoms with E-state index < -0.39 is 14.8 Å². The Hall–Kier alpha value is -1.61. The van der Waals surface area contributed by atoms with Gasteiger partial charge in [0, 0.05) is 17.4 Å². The molecule has 1 fully saturated rings. The number of fused-ring (bicyclic) bond motifs is 1. The van der Waals surface area contributed by atoms with E-state index in [1.165, 1.54) is 23.9 Å². The van der Waals surface area contributed by atoms with Gasteiger partial charge < -0.3 is 4.98 Å². The van der Waals surface area contributed by atoms with Gasteiger partial charge in [-0.15, -0.1) is 0 Å². The van der Waals surface area contributed by atoms with Gasteiger partial charge in [0.05, 0.1) is 27.5 Å². The van der Waals surface area contributed by atoms with E-state index in [9.17, 15) is 18.5 Å². The third-order valence-corrected chi connectivity index (χ3v) is 6.25. The predicted octanol–water partition coefficient (Wildman–Crippen LogP) is 1.75. The van der Waals surface area contributed by atoms with Crippen LogP contribution in [0, 0.1) is 10.1 Å². The Labute approximate surface area is 118 Å². The molecule has 2 heterocycles. The fourth-order valence-electron chi connectivity index (χ4n) is 2.16. The highest BCUT2D eigenvalue weighted by molar-refractivity contribution is 8.01. The Balaban J connectivity index is 1.84. The zero-order valence-electron chi connectivity index (χ0n) is 10.3. The molecule has 1 aromatic heterocycles. The maximum absolute atomic E-state index is 11.4. The Morgan fingerprint density at radius 1 is 1.45 bits per heavy atom. The Bertz CT molecular complexity index is 784. The Kier molecular flexibility index (Phi) is 3.17.